The number of nitrogens with zero attached hydrogens (tertiary/aromatic N) is 2. The Morgan fingerprint density at radius 3 is 2.58 bits per heavy atom. The fourth-order valence-corrected chi connectivity index (χ4v) is 2.75. The molecule has 0 aliphatic carbocycles. The van der Waals surface area contributed by atoms with E-state index in [2.05, 4.69) is 14.9 Å². The van der Waals surface area contributed by atoms with Crippen molar-refractivity contribution in [3.63, 3.8) is 0 Å². The molecule has 1 atom stereocenters. The number of para-hydroxylation sites is 1. The Balaban J connectivity index is 1.77. The van der Waals surface area contributed by atoms with Gasteiger partial charge in [-0.05, 0) is 24.2 Å². The third-order valence-electron chi connectivity index (χ3n) is 4.10. The van der Waals surface area contributed by atoms with Gasteiger partial charge in [0, 0.05) is 6.54 Å². The number of aliphatic hydroxyl groups excluding tert-OH is 1. The molecular formula is C19H21N3O2. The molecule has 1 aromatic heterocycles. The van der Waals surface area contributed by atoms with Crippen LogP contribution in [0.15, 0.2) is 59.4 Å². The van der Waals surface area contributed by atoms with Crippen LogP contribution in [-0.4, -0.2) is 33.1 Å². The summed E-state index contributed by atoms with van der Waals surface area (Å²) in [5.41, 5.74) is 1.45. The van der Waals surface area contributed by atoms with Crippen LogP contribution < -0.4 is 5.56 Å². The van der Waals surface area contributed by atoms with Crippen LogP contribution in [0.4, 0.5) is 0 Å². The minimum Gasteiger partial charge on any atom is -0.387 e. The fraction of sp³-hybridized carbons (Fsp3) is 0.263. The van der Waals surface area contributed by atoms with Crippen LogP contribution in [0.3, 0.4) is 0 Å². The van der Waals surface area contributed by atoms with Gasteiger partial charge in [0.25, 0.3) is 5.56 Å². The largest absolute Gasteiger partial charge is 0.387 e. The molecule has 2 N–H and O–H groups in total. The summed E-state index contributed by atoms with van der Waals surface area (Å²) in [7, 11) is 0. The molecular weight excluding hydrogens is 302 g/mol. The maximum atomic E-state index is 12.1. The first-order valence-corrected chi connectivity index (χ1v) is 8.10. The summed E-state index contributed by atoms with van der Waals surface area (Å²) in [6.45, 7) is 3.74. The summed E-state index contributed by atoms with van der Waals surface area (Å²) >= 11 is 0. The minimum absolute atomic E-state index is 0.129. The zero-order valence-electron chi connectivity index (χ0n) is 13.6. The molecule has 2 aromatic carbocycles. The van der Waals surface area contributed by atoms with Gasteiger partial charge >= 0.3 is 0 Å². The molecule has 24 heavy (non-hydrogen) atoms. The molecule has 124 valence electrons. The Bertz CT molecular complexity index is 861. The van der Waals surface area contributed by atoms with Gasteiger partial charge in [0.2, 0.25) is 0 Å². The Kier molecular flexibility index (Phi) is 5.03. The zero-order valence-corrected chi connectivity index (χ0v) is 13.6. The number of fused-ring (bicyclic) bond motifs is 1. The van der Waals surface area contributed by atoms with Crippen molar-refractivity contribution in [3.05, 3.63) is 76.3 Å². The monoisotopic (exact) mass is 323 g/mol. The number of likely N-dealkylation sites (N-methyl/N-ethyl adjacent to an activating group) is 1. The first-order chi connectivity index (χ1) is 11.7. The summed E-state index contributed by atoms with van der Waals surface area (Å²) in [4.78, 5) is 21.6. The van der Waals surface area contributed by atoms with Crippen LogP contribution in [-0.2, 0) is 6.54 Å². The lowest BCUT2D eigenvalue weighted by Gasteiger charge is -2.23. The Morgan fingerprint density at radius 2 is 1.83 bits per heavy atom. The summed E-state index contributed by atoms with van der Waals surface area (Å²) in [6.07, 6.45) is -0.571. The topological polar surface area (TPSA) is 69.2 Å². The Morgan fingerprint density at radius 1 is 1.12 bits per heavy atom. The number of nitrogens with one attached hydrogen (secondary N) is 1. The van der Waals surface area contributed by atoms with E-state index in [1.54, 1.807) is 6.07 Å². The lowest BCUT2D eigenvalue weighted by atomic mass is 10.1. The highest BCUT2D eigenvalue weighted by Gasteiger charge is 2.14. The quantitative estimate of drug-likeness (QED) is 0.731. The summed E-state index contributed by atoms with van der Waals surface area (Å²) in [5, 5.41) is 11.0. The molecule has 0 spiro atoms. The second-order valence-corrected chi connectivity index (χ2v) is 5.78. The van der Waals surface area contributed by atoms with Crippen molar-refractivity contribution in [2.24, 2.45) is 0 Å². The van der Waals surface area contributed by atoms with E-state index in [-0.39, 0.29) is 5.56 Å². The van der Waals surface area contributed by atoms with E-state index in [1.165, 1.54) is 0 Å². The molecule has 5 heteroatoms. The molecule has 0 saturated carbocycles. The molecule has 0 unspecified atom stereocenters. The van der Waals surface area contributed by atoms with E-state index in [0.717, 1.165) is 12.1 Å². The number of rotatable bonds is 6. The van der Waals surface area contributed by atoms with Gasteiger partial charge in [-0.2, -0.15) is 0 Å². The third kappa shape index (κ3) is 3.69. The fourth-order valence-electron chi connectivity index (χ4n) is 2.75. The Labute approximate surface area is 140 Å². The summed E-state index contributed by atoms with van der Waals surface area (Å²) < 4.78 is 0. The Hall–Kier alpha value is -2.50. The second-order valence-electron chi connectivity index (χ2n) is 5.78. The first-order valence-electron chi connectivity index (χ1n) is 8.10. The maximum Gasteiger partial charge on any atom is 0.258 e. The number of aromatic nitrogens is 2. The lowest BCUT2D eigenvalue weighted by molar-refractivity contribution is 0.111. The highest BCUT2D eigenvalue weighted by Crippen LogP contribution is 2.15. The van der Waals surface area contributed by atoms with Crippen molar-refractivity contribution in [2.45, 2.75) is 19.6 Å². The smallest absolute Gasteiger partial charge is 0.258 e. The van der Waals surface area contributed by atoms with E-state index in [9.17, 15) is 9.90 Å². The summed E-state index contributed by atoms with van der Waals surface area (Å²) in [5.74, 6) is 0.612. The zero-order chi connectivity index (χ0) is 16.9. The number of benzene rings is 2. The SMILES string of the molecule is CCN(Cc1nc2ccccc2c(=O)[nH]1)C[C@H](O)c1ccccc1. The van der Waals surface area contributed by atoms with Crippen molar-refractivity contribution in [3.8, 4) is 0 Å². The van der Waals surface area contributed by atoms with Crippen LogP contribution in [0.1, 0.15) is 24.4 Å². The van der Waals surface area contributed by atoms with E-state index >= 15 is 0 Å². The molecule has 0 aliphatic heterocycles. The van der Waals surface area contributed by atoms with Gasteiger partial charge < -0.3 is 10.1 Å². The van der Waals surface area contributed by atoms with Gasteiger partial charge in [-0.1, -0.05) is 49.4 Å². The summed E-state index contributed by atoms with van der Waals surface area (Å²) in [6, 6.07) is 16.9. The predicted molar refractivity (Wildman–Crippen MR) is 94.7 cm³/mol. The van der Waals surface area contributed by atoms with E-state index < -0.39 is 6.10 Å². The number of aromatic amines is 1. The van der Waals surface area contributed by atoms with Crippen molar-refractivity contribution >= 4 is 10.9 Å². The second kappa shape index (κ2) is 7.38. The normalized spacial score (nSPS) is 12.6. The molecule has 0 amide bonds. The van der Waals surface area contributed by atoms with Crippen LogP contribution >= 0.6 is 0 Å². The number of H-pyrrole nitrogens is 1. The number of hydrogen-bond acceptors (Lipinski definition) is 4. The van der Waals surface area contributed by atoms with Crippen LogP contribution in [0.2, 0.25) is 0 Å². The van der Waals surface area contributed by atoms with Gasteiger partial charge in [0.1, 0.15) is 5.82 Å². The molecule has 0 bridgehead atoms. The van der Waals surface area contributed by atoms with Crippen molar-refractivity contribution in [1.29, 1.82) is 0 Å². The predicted octanol–water partition coefficient (Wildman–Crippen LogP) is 2.48. The van der Waals surface area contributed by atoms with Crippen LogP contribution in [0.5, 0.6) is 0 Å². The molecule has 0 fully saturated rings. The van der Waals surface area contributed by atoms with Crippen LogP contribution in [0.25, 0.3) is 10.9 Å². The molecule has 3 aromatic rings. The van der Waals surface area contributed by atoms with Gasteiger partial charge in [-0.15, -0.1) is 0 Å². The van der Waals surface area contributed by atoms with E-state index in [1.807, 2.05) is 55.5 Å². The number of hydrogen-bond donors (Lipinski definition) is 2. The average Bonchev–Trinajstić information content (AvgIpc) is 2.62. The van der Waals surface area contributed by atoms with Crippen LogP contribution in [0, 0.1) is 0 Å². The molecule has 5 nitrogen and oxygen atoms in total. The molecule has 0 radical (unpaired) electrons. The number of aliphatic hydroxyl groups is 1. The lowest BCUT2D eigenvalue weighted by Crippen LogP contribution is -2.30. The highest BCUT2D eigenvalue weighted by atomic mass is 16.3. The third-order valence-corrected chi connectivity index (χ3v) is 4.10. The minimum atomic E-state index is -0.571. The van der Waals surface area contributed by atoms with Gasteiger partial charge in [-0.25, -0.2) is 4.98 Å². The van der Waals surface area contributed by atoms with Crippen molar-refractivity contribution in [2.75, 3.05) is 13.1 Å². The van der Waals surface area contributed by atoms with Crippen molar-refractivity contribution in [1.82, 2.24) is 14.9 Å². The highest BCUT2D eigenvalue weighted by molar-refractivity contribution is 5.77. The molecule has 0 aliphatic rings. The molecule has 3 rings (SSSR count). The maximum absolute atomic E-state index is 12.1. The van der Waals surface area contributed by atoms with E-state index in [0.29, 0.717) is 29.8 Å². The first kappa shape index (κ1) is 16.4. The molecule has 0 saturated heterocycles. The standard InChI is InChI=1S/C19H21N3O2/c1-2-22(12-17(23)14-8-4-3-5-9-14)13-18-20-16-11-7-6-10-15(16)19(24)21-18/h3-11,17,23H,2,12-13H2,1H3,(H,20,21,24)/t17-/m0/s1. The van der Waals surface area contributed by atoms with Gasteiger partial charge in [0.05, 0.1) is 23.6 Å². The van der Waals surface area contributed by atoms with E-state index in [4.69, 9.17) is 0 Å². The van der Waals surface area contributed by atoms with Gasteiger partial charge in [-0.3, -0.25) is 9.69 Å². The van der Waals surface area contributed by atoms with Crippen molar-refractivity contribution < 1.29 is 5.11 Å². The molecule has 1 heterocycles. The average molecular weight is 323 g/mol. The van der Waals surface area contributed by atoms with Gasteiger partial charge in [0.15, 0.2) is 0 Å².